The van der Waals surface area contributed by atoms with E-state index in [1.54, 1.807) is 6.20 Å². The molecule has 0 aliphatic carbocycles. The number of anilines is 1. The van der Waals surface area contributed by atoms with Crippen molar-refractivity contribution in [3.63, 3.8) is 0 Å². The van der Waals surface area contributed by atoms with E-state index in [-0.39, 0.29) is 11.5 Å². The Hall–Kier alpha value is -2.45. The third kappa shape index (κ3) is 5.48. The number of hydrogen-bond acceptors (Lipinski definition) is 6. The topological polar surface area (TPSA) is 82.1 Å². The van der Waals surface area contributed by atoms with Crippen LogP contribution in [0.4, 0.5) is 5.82 Å². The lowest BCUT2D eigenvalue weighted by atomic mass is 9.92. The van der Waals surface area contributed by atoms with Gasteiger partial charge in [-0.2, -0.15) is 5.10 Å². The molecular weight excluding hydrogens is 468 g/mol. The van der Waals surface area contributed by atoms with Gasteiger partial charge in [0.05, 0.1) is 21.6 Å². The van der Waals surface area contributed by atoms with Crippen molar-refractivity contribution in [1.29, 1.82) is 0 Å². The number of aryl methyl sites for hydroxylation is 2. The van der Waals surface area contributed by atoms with Crippen LogP contribution in [0, 0.1) is 6.92 Å². The fourth-order valence-electron chi connectivity index (χ4n) is 3.61. The highest BCUT2D eigenvalue weighted by atomic mass is 79.9. The molecule has 0 aliphatic rings. The van der Waals surface area contributed by atoms with E-state index in [1.165, 1.54) is 0 Å². The highest BCUT2D eigenvalue weighted by Gasteiger charge is 2.25. The number of rotatable bonds is 7. The molecule has 2 N–H and O–H groups in total. The molecule has 3 rings (SSSR count). The van der Waals surface area contributed by atoms with E-state index in [0.29, 0.717) is 18.1 Å². The van der Waals surface area contributed by atoms with Gasteiger partial charge in [-0.15, -0.1) is 0 Å². The predicted octanol–water partition coefficient (Wildman–Crippen LogP) is 4.93. The van der Waals surface area contributed by atoms with Crippen LogP contribution >= 0.6 is 15.9 Å². The second-order valence-corrected chi connectivity index (χ2v) is 10.1. The molecule has 0 saturated carbocycles. The van der Waals surface area contributed by atoms with Crippen molar-refractivity contribution in [3.8, 4) is 5.75 Å². The SMILES string of the molecule is Cc1cnc(N)c(OC(C)c2cccnc2CN(C)Cc2c(Br)c(C(C)(C)C)nn2C)c1. The summed E-state index contributed by atoms with van der Waals surface area (Å²) in [6.07, 6.45) is 3.34. The molecule has 0 bridgehead atoms. The molecule has 0 aliphatic heterocycles. The second kappa shape index (κ2) is 9.58. The van der Waals surface area contributed by atoms with E-state index in [9.17, 15) is 0 Å². The second-order valence-electron chi connectivity index (χ2n) is 9.35. The van der Waals surface area contributed by atoms with Crippen LogP contribution in [-0.4, -0.2) is 31.7 Å². The maximum atomic E-state index is 6.16. The fraction of sp³-hybridized carbons (Fsp3) is 0.458. The zero-order chi connectivity index (χ0) is 23.6. The molecule has 1 atom stereocenters. The average molecular weight is 501 g/mol. The molecule has 0 amide bonds. The normalized spacial score (nSPS) is 12.9. The molecule has 8 heteroatoms. The van der Waals surface area contributed by atoms with Crippen LogP contribution in [0.15, 0.2) is 35.1 Å². The summed E-state index contributed by atoms with van der Waals surface area (Å²) in [5.74, 6) is 0.981. The number of nitrogen functional groups attached to an aromatic ring is 1. The van der Waals surface area contributed by atoms with Crippen LogP contribution < -0.4 is 10.5 Å². The van der Waals surface area contributed by atoms with Crippen molar-refractivity contribution < 1.29 is 4.74 Å². The highest BCUT2D eigenvalue weighted by molar-refractivity contribution is 9.10. The lowest BCUT2D eigenvalue weighted by molar-refractivity contribution is 0.222. The first-order valence-electron chi connectivity index (χ1n) is 10.7. The number of aromatic nitrogens is 4. The Balaban J connectivity index is 1.78. The Morgan fingerprint density at radius 1 is 1.25 bits per heavy atom. The van der Waals surface area contributed by atoms with Crippen molar-refractivity contribution in [2.24, 2.45) is 7.05 Å². The molecule has 3 aromatic heterocycles. The van der Waals surface area contributed by atoms with Gasteiger partial charge in [0.2, 0.25) is 0 Å². The Labute approximate surface area is 199 Å². The first-order chi connectivity index (χ1) is 15.0. The maximum absolute atomic E-state index is 6.16. The van der Waals surface area contributed by atoms with Crippen molar-refractivity contribution in [1.82, 2.24) is 24.6 Å². The molecule has 0 radical (unpaired) electrons. The minimum absolute atomic E-state index is 0.0269. The van der Waals surface area contributed by atoms with E-state index in [2.05, 4.69) is 64.7 Å². The fourth-order valence-corrected chi connectivity index (χ4v) is 4.66. The molecule has 3 heterocycles. The molecule has 32 heavy (non-hydrogen) atoms. The molecule has 172 valence electrons. The zero-order valence-corrected chi connectivity index (χ0v) is 21.6. The van der Waals surface area contributed by atoms with Crippen LogP contribution in [0.5, 0.6) is 5.75 Å². The molecule has 1 unspecified atom stereocenters. The summed E-state index contributed by atoms with van der Waals surface area (Å²) in [5, 5.41) is 4.74. The first kappa shape index (κ1) is 24.2. The van der Waals surface area contributed by atoms with Crippen LogP contribution in [0.2, 0.25) is 0 Å². The van der Waals surface area contributed by atoms with Gasteiger partial charge in [0.25, 0.3) is 0 Å². The van der Waals surface area contributed by atoms with Gasteiger partial charge in [0, 0.05) is 43.5 Å². The van der Waals surface area contributed by atoms with Crippen molar-refractivity contribution in [3.05, 3.63) is 63.3 Å². The Kier molecular flexibility index (Phi) is 7.25. The molecule has 0 saturated heterocycles. The third-order valence-electron chi connectivity index (χ3n) is 5.34. The van der Waals surface area contributed by atoms with Crippen LogP contribution in [0.3, 0.4) is 0 Å². The number of hydrogen-bond donors (Lipinski definition) is 1. The van der Waals surface area contributed by atoms with Crippen molar-refractivity contribution >= 4 is 21.7 Å². The van der Waals surface area contributed by atoms with E-state index in [0.717, 1.165) is 39.2 Å². The van der Waals surface area contributed by atoms with E-state index in [1.807, 2.05) is 43.9 Å². The molecule has 0 spiro atoms. The van der Waals surface area contributed by atoms with Crippen LogP contribution in [0.1, 0.15) is 62.0 Å². The van der Waals surface area contributed by atoms with Crippen LogP contribution in [0.25, 0.3) is 0 Å². The Morgan fingerprint density at radius 3 is 2.62 bits per heavy atom. The molecular formula is C24H33BrN6O. The van der Waals surface area contributed by atoms with E-state index >= 15 is 0 Å². The smallest absolute Gasteiger partial charge is 0.166 e. The van der Waals surface area contributed by atoms with E-state index < -0.39 is 0 Å². The van der Waals surface area contributed by atoms with Crippen LogP contribution in [-0.2, 0) is 25.6 Å². The molecule has 0 fully saturated rings. The average Bonchev–Trinajstić information content (AvgIpc) is 2.99. The summed E-state index contributed by atoms with van der Waals surface area (Å²) in [7, 11) is 4.08. The van der Waals surface area contributed by atoms with Gasteiger partial charge in [-0.25, -0.2) is 4.98 Å². The standard InChI is InChI=1S/C24H33BrN6O/c1-15-11-20(23(26)28-12-15)32-16(2)17-9-8-10-27-18(17)13-30(6)14-19-21(25)22(24(3,4)5)29-31(19)7/h8-12,16H,13-14H2,1-7H3,(H2,26,28). The summed E-state index contributed by atoms with van der Waals surface area (Å²) in [4.78, 5) is 11.1. The number of ether oxygens (including phenoxy) is 1. The lowest BCUT2D eigenvalue weighted by Gasteiger charge is -2.22. The monoisotopic (exact) mass is 500 g/mol. The summed E-state index contributed by atoms with van der Waals surface area (Å²) < 4.78 is 9.19. The van der Waals surface area contributed by atoms with Gasteiger partial charge >= 0.3 is 0 Å². The number of pyridine rings is 2. The number of nitrogens with zero attached hydrogens (tertiary/aromatic N) is 5. The number of nitrogens with two attached hydrogens (primary N) is 1. The van der Waals surface area contributed by atoms with Gasteiger partial charge < -0.3 is 10.5 Å². The third-order valence-corrected chi connectivity index (χ3v) is 6.17. The quantitative estimate of drug-likeness (QED) is 0.494. The molecule has 7 nitrogen and oxygen atoms in total. The van der Waals surface area contributed by atoms with Gasteiger partial charge in [0.1, 0.15) is 6.10 Å². The largest absolute Gasteiger partial charge is 0.482 e. The highest BCUT2D eigenvalue weighted by Crippen LogP contribution is 2.32. The first-order valence-corrected chi connectivity index (χ1v) is 11.5. The van der Waals surface area contributed by atoms with Crippen molar-refractivity contribution in [2.75, 3.05) is 12.8 Å². The maximum Gasteiger partial charge on any atom is 0.166 e. The minimum atomic E-state index is -0.214. The minimum Gasteiger partial charge on any atom is -0.482 e. The Bertz CT molecular complexity index is 1090. The molecule has 3 aromatic rings. The Morgan fingerprint density at radius 2 is 1.97 bits per heavy atom. The van der Waals surface area contributed by atoms with Gasteiger partial charge in [-0.3, -0.25) is 14.6 Å². The summed E-state index contributed by atoms with van der Waals surface area (Å²) in [6, 6.07) is 5.90. The molecule has 0 aromatic carbocycles. The van der Waals surface area contributed by atoms with Crippen molar-refractivity contribution in [2.45, 2.75) is 59.2 Å². The summed E-state index contributed by atoms with van der Waals surface area (Å²) in [6.45, 7) is 11.9. The zero-order valence-electron chi connectivity index (χ0n) is 20.0. The van der Waals surface area contributed by atoms with Gasteiger partial charge in [0.15, 0.2) is 11.6 Å². The number of halogens is 1. The van der Waals surface area contributed by atoms with Gasteiger partial charge in [-0.05, 0) is 54.5 Å². The summed E-state index contributed by atoms with van der Waals surface area (Å²) >= 11 is 3.78. The predicted molar refractivity (Wildman–Crippen MR) is 131 cm³/mol. The summed E-state index contributed by atoms with van der Waals surface area (Å²) in [5.41, 5.74) is 11.2. The lowest BCUT2D eigenvalue weighted by Crippen LogP contribution is -2.22. The van der Waals surface area contributed by atoms with E-state index in [4.69, 9.17) is 15.6 Å². The van der Waals surface area contributed by atoms with Gasteiger partial charge in [-0.1, -0.05) is 26.8 Å².